The Morgan fingerprint density at radius 1 is 1.64 bits per heavy atom. The van der Waals surface area contributed by atoms with Gasteiger partial charge in [-0.2, -0.15) is 0 Å². The summed E-state index contributed by atoms with van der Waals surface area (Å²) in [4.78, 5) is 11.5. The van der Waals surface area contributed by atoms with Crippen LogP contribution < -0.4 is 0 Å². The van der Waals surface area contributed by atoms with E-state index in [1.54, 1.807) is 11.4 Å². The first-order valence-corrected chi connectivity index (χ1v) is 5.50. The highest BCUT2D eigenvalue weighted by Crippen LogP contribution is 2.19. The summed E-state index contributed by atoms with van der Waals surface area (Å²) in [5.74, 6) is -0.912. The number of carboxylic acid groups (broad SMARTS) is 1. The number of carboxylic acids is 1. The summed E-state index contributed by atoms with van der Waals surface area (Å²) in [6, 6.07) is 1.58. The minimum atomic E-state index is -0.912. The first-order chi connectivity index (χ1) is 6.65. The van der Waals surface area contributed by atoms with E-state index in [9.17, 15) is 9.90 Å². The second kappa shape index (κ2) is 5.12. The quantitative estimate of drug-likeness (QED) is 0.789. The molecule has 1 aromatic rings. The molecule has 0 aliphatic carbocycles. The number of hydrogen-bond donors (Lipinski definition) is 2. The van der Waals surface area contributed by atoms with Crippen molar-refractivity contribution in [3.63, 3.8) is 0 Å². The summed E-state index contributed by atoms with van der Waals surface area (Å²) in [7, 11) is 0. The standard InChI is InChI=1S/C10H14O3S/c1-2-3-7(11)6-9-8(10(12)13)4-5-14-9/h4-5,7,11H,2-3,6H2,1H3,(H,12,13). The number of aromatic carboxylic acids is 1. The first kappa shape index (κ1) is 11.2. The molecule has 78 valence electrons. The fourth-order valence-corrected chi connectivity index (χ4v) is 2.28. The molecule has 14 heavy (non-hydrogen) atoms. The van der Waals surface area contributed by atoms with Crippen LogP contribution in [0.5, 0.6) is 0 Å². The van der Waals surface area contributed by atoms with Crippen molar-refractivity contribution in [1.29, 1.82) is 0 Å². The van der Waals surface area contributed by atoms with Crippen molar-refractivity contribution in [2.24, 2.45) is 0 Å². The van der Waals surface area contributed by atoms with Crippen molar-refractivity contribution in [2.75, 3.05) is 0 Å². The zero-order valence-corrected chi connectivity index (χ0v) is 8.88. The van der Waals surface area contributed by atoms with Gasteiger partial charge in [0.05, 0.1) is 11.7 Å². The molecule has 2 N–H and O–H groups in total. The molecule has 3 nitrogen and oxygen atoms in total. The van der Waals surface area contributed by atoms with E-state index in [0.29, 0.717) is 12.0 Å². The van der Waals surface area contributed by atoms with Gasteiger partial charge in [0.25, 0.3) is 0 Å². The molecule has 0 spiro atoms. The minimum absolute atomic E-state index is 0.324. The minimum Gasteiger partial charge on any atom is -0.478 e. The highest BCUT2D eigenvalue weighted by Gasteiger charge is 2.14. The Kier molecular flexibility index (Phi) is 4.10. The lowest BCUT2D eigenvalue weighted by atomic mass is 10.1. The maximum Gasteiger partial charge on any atom is 0.336 e. The van der Waals surface area contributed by atoms with Crippen LogP contribution in [0, 0.1) is 0 Å². The lowest BCUT2D eigenvalue weighted by molar-refractivity contribution is 0.0695. The summed E-state index contributed by atoms with van der Waals surface area (Å²) in [5, 5.41) is 20.1. The van der Waals surface area contributed by atoms with Gasteiger partial charge in [0, 0.05) is 11.3 Å². The van der Waals surface area contributed by atoms with Crippen LogP contribution in [-0.4, -0.2) is 22.3 Å². The van der Waals surface area contributed by atoms with Crippen molar-refractivity contribution in [3.05, 3.63) is 21.9 Å². The maximum absolute atomic E-state index is 10.7. The molecule has 1 atom stereocenters. The number of rotatable bonds is 5. The molecule has 1 unspecified atom stereocenters. The smallest absolute Gasteiger partial charge is 0.336 e. The number of aliphatic hydroxyl groups is 1. The molecule has 0 fully saturated rings. The molecule has 1 heterocycles. The van der Waals surface area contributed by atoms with Crippen LogP contribution in [0.1, 0.15) is 35.0 Å². The molecule has 4 heteroatoms. The zero-order chi connectivity index (χ0) is 10.6. The number of carbonyl (C=O) groups is 1. The average molecular weight is 214 g/mol. The second-order valence-electron chi connectivity index (χ2n) is 3.21. The van der Waals surface area contributed by atoms with Gasteiger partial charge in [0.1, 0.15) is 0 Å². The molecule has 0 aromatic carbocycles. The Labute approximate surface area is 87.0 Å². The molecule has 0 bridgehead atoms. The van der Waals surface area contributed by atoms with Gasteiger partial charge in [0.15, 0.2) is 0 Å². The second-order valence-corrected chi connectivity index (χ2v) is 4.21. The predicted molar refractivity (Wildman–Crippen MR) is 55.9 cm³/mol. The van der Waals surface area contributed by atoms with Crippen LogP contribution in [0.2, 0.25) is 0 Å². The molecule has 1 aromatic heterocycles. The van der Waals surface area contributed by atoms with Gasteiger partial charge < -0.3 is 10.2 Å². The highest BCUT2D eigenvalue weighted by atomic mass is 32.1. The average Bonchev–Trinajstić information content (AvgIpc) is 2.52. The summed E-state index contributed by atoms with van der Waals surface area (Å²) in [6.45, 7) is 2.00. The lowest BCUT2D eigenvalue weighted by Crippen LogP contribution is -2.11. The van der Waals surface area contributed by atoms with Crippen molar-refractivity contribution in [2.45, 2.75) is 32.3 Å². The third kappa shape index (κ3) is 2.82. The summed E-state index contributed by atoms with van der Waals surface area (Å²) >= 11 is 1.39. The third-order valence-corrected chi connectivity index (χ3v) is 2.96. The van der Waals surface area contributed by atoms with Gasteiger partial charge >= 0.3 is 5.97 Å². The van der Waals surface area contributed by atoms with Crippen molar-refractivity contribution < 1.29 is 15.0 Å². The van der Waals surface area contributed by atoms with E-state index in [2.05, 4.69) is 0 Å². The van der Waals surface area contributed by atoms with Crippen LogP contribution in [0.15, 0.2) is 11.4 Å². The lowest BCUT2D eigenvalue weighted by Gasteiger charge is -2.07. The van der Waals surface area contributed by atoms with Crippen molar-refractivity contribution in [3.8, 4) is 0 Å². The van der Waals surface area contributed by atoms with E-state index in [1.807, 2.05) is 6.92 Å². The summed E-state index contributed by atoms with van der Waals surface area (Å²) in [6.07, 6.45) is 1.66. The van der Waals surface area contributed by atoms with Gasteiger partial charge in [-0.1, -0.05) is 13.3 Å². The molecule has 0 aliphatic rings. The topological polar surface area (TPSA) is 57.5 Å². The van der Waals surface area contributed by atoms with Crippen molar-refractivity contribution in [1.82, 2.24) is 0 Å². The molecular formula is C10H14O3S. The normalized spacial score (nSPS) is 12.7. The van der Waals surface area contributed by atoms with E-state index in [-0.39, 0.29) is 0 Å². The molecule has 0 aliphatic heterocycles. The van der Waals surface area contributed by atoms with Gasteiger partial charge in [0.2, 0.25) is 0 Å². The van der Waals surface area contributed by atoms with Crippen LogP contribution in [0.25, 0.3) is 0 Å². The number of aliphatic hydroxyl groups excluding tert-OH is 1. The fourth-order valence-electron chi connectivity index (χ4n) is 1.34. The van der Waals surface area contributed by atoms with Crippen LogP contribution in [0.3, 0.4) is 0 Å². The van der Waals surface area contributed by atoms with E-state index in [1.165, 1.54) is 11.3 Å². The van der Waals surface area contributed by atoms with Crippen LogP contribution in [0.4, 0.5) is 0 Å². The fraction of sp³-hybridized carbons (Fsp3) is 0.500. The summed E-state index contributed by atoms with van der Waals surface area (Å²) in [5.41, 5.74) is 0.324. The number of thiophene rings is 1. The van der Waals surface area contributed by atoms with E-state index in [4.69, 9.17) is 5.11 Å². The predicted octanol–water partition coefficient (Wildman–Crippen LogP) is 2.15. The van der Waals surface area contributed by atoms with Gasteiger partial charge in [-0.3, -0.25) is 0 Å². The highest BCUT2D eigenvalue weighted by molar-refractivity contribution is 7.10. The molecule has 1 rings (SSSR count). The SMILES string of the molecule is CCCC(O)Cc1sccc1C(=O)O. The molecular weight excluding hydrogens is 200 g/mol. The van der Waals surface area contributed by atoms with Crippen LogP contribution in [-0.2, 0) is 6.42 Å². The molecule has 0 amide bonds. The molecule has 0 saturated carbocycles. The van der Waals surface area contributed by atoms with E-state index >= 15 is 0 Å². The first-order valence-electron chi connectivity index (χ1n) is 4.62. The Morgan fingerprint density at radius 2 is 2.36 bits per heavy atom. The van der Waals surface area contributed by atoms with Gasteiger partial charge in [-0.05, 0) is 17.9 Å². The van der Waals surface area contributed by atoms with Gasteiger partial charge in [-0.25, -0.2) is 4.79 Å². The summed E-state index contributed by atoms with van der Waals surface area (Å²) < 4.78 is 0. The van der Waals surface area contributed by atoms with Gasteiger partial charge in [-0.15, -0.1) is 11.3 Å². The Hall–Kier alpha value is -0.870. The van der Waals surface area contributed by atoms with Crippen molar-refractivity contribution >= 4 is 17.3 Å². The molecule has 0 saturated heterocycles. The van der Waals surface area contributed by atoms with E-state index < -0.39 is 12.1 Å². The molecule has 0 radical (unpaired) electrons. The number of hydrogen-bond acceptors (Lipinski definition) is 3. The zero-order valence-electron chi connectivity index (χ0n) is 8.06. The Bertz CT molecular complexity index is 306. The largest absolute Gasteiger partial charge is 0.478 e. The monoisotopic (exact) mass is 214 g/mol. The van der Waals surface area contributed by atoms with Crippen LogP contribution >= 0.6 is 11.3 Å². The third-order valence-electron chi connectivity index (χ3n) is 2.02. The Morgan fingerprint density at radius 3 is 2.93 bits per heavy atom. The maximum atomic E-state index is 10.7. The van der Waals surface area contributed by atoms with E-state index in [0.717, 1.165) is 17.7 Å². The Balaban J connectivity index is 2.66.